The second-order valence-electron chi connectivity index (χ2n) is 4.56. The van der Waals surface area contributed by atoms with Crippen LogP contribution in [0.25, 0.3) is 5.70 Å². The molecule has 108 valence electrons. The van der Waals surface area contributed by atoms with Gasteiger partial charge in [-0.25, -0.2) is 0 Å². The summed E-state index contributed by atoms with van der Waals surface area (Å²) in [7, 11) is 3.38. The Morgan fingerprint density at radius 1 is 1.30 bits per heavy atom. The number of methoxy groups -OCH3 is 1. The molecule has 1 aromatic rings. The van der Waals surface area contributed by atoms with Crippen LogP contribution in [0.15, 0.2) is 30.3 Å². The summed E-state index contributed by atoms with van der Waals surface area (Å²) in [4.78, 5) is 13.5. The minimum Gasteiger partial charge on any atom is -0.491 e. The summed E-state index contributed by atoms with van der Waals surface area (Å²) < 4.78 is 10.4. The molecule has 5 heteroatoms. The van der Waals surface area contributed by atoms with Crippen molar-refractivity contribution in [2.24, 2.45) is 0 Å². The van der Waals surface area contributed by atoms with Crippen LogP contribution in [0.1, 0.15) is 12.0 Å². The number of allylic oxidation sites excluding steroid dienone is 1. The van der Waals surface area contributed by atoms with E-state index in [1.807, 2.05) is 30.3 Å². The number of hydrogen-bond acceptors (Lipinski definition) is 3. The lowest BCUT2D eigenvalue weighted by Gasteiger charge is -2.27. The molecule has 0 N–H and O–H groups in total. The molecule has 1 amide bonds. The topological polar surface area (TPSA) is 38.8 Å². The molecule has 2 rings (SSSR count). The first-order valence-corrected chi connectivity index (χ1v) is 6.91. The highest BCUT2D eigenvalue weighted by Gasteiger charge is 2.26. The maximum atomic E-state index is 11.9. The van der Waals surface area contributed by atoms with Crippen molar-refractivity contribution in [3.05, 3.63) is 35.9 Å². The summed E-state index contributed by atoms with van der Waals surface area (Å²) in [6.07, 6.45) is 2.55. The second kappa shape index (κ2) is 6.77. The van der Waals surface area contributed by atoms with Gasteiger partial charge in [0.05, 0.1) is 6.61 Å². The van der Waals surface area contributed by atoms with E-state index in [9.17, 15) is 4.79 Å². The zero-order valence-corrected chi connectivity index (χ0v) is 12.4. The molecule has 20 heavy (non-hydrogen) atoms. The summed E-state index contributed by atoms with van der Waals surface area (Å²) in [5.74, 6) is 0.719. The van der Waals surface area contributed by atoms with Crippen molar-refractivity contribution in [1.29, 1.82) is 0 Å². The van der Waals surface area contributed by atoms with Crippen LogP contribution in [0.3, 0.4) is 0 Å². The van der Waals surface area contributed by atoms with E-state index in [0.717, 1.165) is 17.0 Å². The van der Waals surface area contributed by atoms with Crippen molar-refractivity contribution in [2.45, 2.75) is 11.8 Å². The van der Waals surface area contributed by atoms with E-state index in [1.165, 1.54) is 0 Å². The van der Waals surface area contributed by atoms with Gasteiger partial charge in [0, 0.05) is 19.9 Å². The predicted octanol–water partition coefficient (Wildman–Crippen LogP) is 2.52. The van der Waals surface area contributed by atoms with Crippen molar-refractivity contribution in [3.8, 4) is 5.75 Å². The number of halogens is 1. The number of hydrogen-bond donors (Lipinski definition) is 0. The first-order chi connectivity index (χ1) is 9.63. The number of ether oxygens (including phenoxy) is 2. The van der Waals surface area contributed by atoms with Crippen LogP contribution < -0.4 is 4.74 Å². The Kier molecular flexibility index (Phi) is 5.04. The van der Waals surface area contributed by atoms with E-state index in [4.69, 9.17) is 21.1 Å². The second-order valence-corrected chi connectivity index (χ2v) is 5.08. The molecule has 0 aliphatic carbocycles. The summed E-state index contributed by atoms with van der Waals surface area (Å²) in [5, 5.41) is -0.458. The summed E-state index contributed by atoms with van der Waals surface area (Å²) in [6, 6.07) is 7.65. The monoisotopic (exact) mass is 295 g/mol. The smallest absolute Gasteiger partial charge is 0.245 e. The Bertz CT molecular complexity index is 498. The fourth-order valence-electron chi connectivity index (χ4n) is 2.06. The predicted molar refractivity (Wildman–Crippen MR) is 78.8 cm³/mol. The van der Waals surface area contributed by atoms with Gasteiger partial charge in [0.2, 0.25) is 5.91 Å². The molecule has 0 fully saturated rings. The summed E-state index contributed by atoms with van der Waals surface area (Å²) >= 11 is 5.94. The number of nitrogens with zero attached hydrogens (tertiary/aromatic N) is 1. The van der Waals surface area contributed by atoms with Crippen molar-refractivity contribution in [2.75, 3.05) is 27.4 Å². The largest absolute Gasteiger partial charge is 0.491 e. The standard InChI is InChI=1S/C15H18ClNO3/c1-17-14(8-7-13(16)15(17)18)11-3-5-12(6-4-11)20-10-9-19-2/h3-6,8,13H,7,9-10H2,1-2H3. The number of benzene rings is 1. The third-order valence-electron chi connectivity index (χ3n) is 3.18. The van der Waals surface area contributed by atoms with Crippen molar-refractivity contribution < 1.29 is 14.3 Å². The molecule has 1 aliphatic rings. The zero-order chi connectivity index (χ0) is 14.5. The highest BCUT2D eigenvalue weighted by molar-refractivity contribution is 6.31. The lowest BCUT2D eigenvalue weighted by Crippen LogP contribution is -2.35. The first kappa shape index (κ1) is 14.9. The number of carbonyl (C=O) groups is 1. The minimum atomic E-state index is -0.458. The molecule has 0 saturated carbocycles. The number of rotatable bonds is 5. The first-order valence-electron chi connectivity index (χ1n) is 6.47. The fraction of sp³-hybridized carbons (Fsp3) is 0.400. The van der Waals surface area contributed by atoms with Crippen LogP contribution in [0, 0.1) is 0 Å². The third kappa shape index (κ3) is 3.32. The van der Waals surface area contributed by atoms with E-state index < -0.39 is 5.38 Å². The Morgan fingerprint density at radius 2 is 2.00 bits per heavy atom. The van der Waals surface area contributed by atoms with Crippen molar-refractivity contribution in [1.82, 2.24) is 4.90 Å². The van der Waals surface area contributed by atoms with Crippen LogP contribution in [-0.4, -0.2) is 43.6 Å². The molecule has 1 aliphatic heterocycles. The van der Waals surface area contributed by atoms with Crippen molar-refractivity contribution >= 4 is 23.2 Å². The number of carbonyl (C=O) groups excluding carboxylic acids is 1. The lowest BCUT2D eigenvalue weighted by atomic mass is 10.0. The van der Waals surface area contributed by atoms with Gasteiger partial charge >= 0.3 is 0 Å². The SMILES string of the molecule is COCCOc1ccc(C2=CCC(Cl)C(=O)N2C)cc1. The minimum absolute atomic E-state index is 0.0652. The highest BCUT2D eigenvalue weighted by Crippen LogP contribution is 2.27. The zero-order valence-electron chi connectivity index (χ0n) is 11.6. The molecular weight excluding hydrogens is 278 g/mol. The Hall–Kier alpha value is -1.52. The molecule has 0 spiro atoms. The molecule has 0 bridgehead atoms. The van der Waals surface area contributed by atoms with Gasteiger partial charge < -0.3 is 14.4 Å². The molecule has 1 unspecified atom stereocenters. The number of alkyl halides is 1. The van der Waals surface area contributed by atoms with E-state index >= 15 is 0 Å². The van der Waals surface area contributed by atoms with E-state index in [2.05, 4.69) is 0 Å². The van der Waals surface area contributed by atoms with Gasteiger partial charge in [-0.1, -0.05) is 6.08 Å². The normalized spacial score (nSPS) is 18.9. The molecule has 1 heterocycles. The quantitative estimate of drug-likeness (QED) is 0.619. The van der Waals surface area contributed by atoms with Gasteiger partial charge in [-0.05, 0) is 36.2 Å². The van der Waals surface area contributed by atoms with Crippen LogP contribution in [0.4, 0.5) is 0 Å². The van der Waals surface area contributed by atoms with Gasteiger partial charge in [-0.15, -0.1) is 11.6 Å². The highest BCUT2D eigenvalue weighted by atomic mass is 35.5. The van der Waals surface area contributed by atoms with E-state index in [1.54, 1.807) is 19.1 Å². The Morgan fingerprint density at radius 3 is 2.65 bits per heavy atom. The van der Waals surface area contributed by atoms with Crippen LogP contribution >= 0.6 is 11.6 Å². The molecule has 0 aromatic heterocycles. The maximum Gasteiger partial charge on any atom is 0.245 e. The van der Waals surface area contributed by atoms with Crippen LogP contribution in [0.5, 0.6) is 5.75 Å². The van der Waals surface area contributed by atoms with Crippen LogP contribution in [0.2, 0.25) is 0 Å². The van der Waals surface area contributed by atoms with Gasteiger partial charge in [-0.2, -0.15) is 0 Å². The Labute approximate surface area is 123 Å². The molecular formula is C15H18ClNO3. The average Bonchev–Trinajstić information content (AvgIpc) is 2.46. The summed E-state index contributed by atoms with van der Waals surface area (Å²) in [5.41, 5.74) is 1.86. The third-order valence-corrected chi connectivity index (χ3v) is 3.55. The average molecular weight is 296 g/mol. The maximum absolute atomic E-state index is 11.9. The van der Waals surface area contributed by atoms with Gasteiger partial charge in [0.15, 0.2) is 0 Å². The van der Waals surface area contributed by atoms with Crippen LogP contribution in [-0.2, 0) is 9.53 Å². The summed E-state index contributed by atoms with van der Waals surface area (Å²) in [6.45, 7) is 1.08. The van der Waals surface area contributed by atoms with E-state index in [-0.39, 0.29) is 5.91 Å². The molecule has 1 aromatic carbocycles. The Balaban J connectivity index is 2.08. The molecule has 1 atom stereocenters. The number of amides is 1. The van der Waals surface area contributed by atoms with Gasteiger partial charge in [0.25, 0.3) is 0 Å². The fourth-order valence-corrected chi connectivity index (χ4v) is 2.29. The lowest BCUT2D eigenvalue weighted by molar-refractivity contribution is -0.126. The van der Waals surface area contributed by atoms with Gasteiger partial charge in [-0.3, -0.25) is 4.79 Å². The molecule has 4 nitrogen and oxygen atoms in total. The molecule has 0 radical (unpaired) electrons. The van der Waals surface area contributed by atoms with Gasteiger partial charge in [0.1, 0.15) is 17.7 Å². The van der Waals surface area contributed by atoms with E-state index in [0.29, 0.717) is 19.6 Å². The molecule has 0 saturated heterocycles. The van der Waals surface area contributed by atoms with Crippen molar-refractivity contribution in [3.63, 3.8) is 0 Å².